The first-order valence-corrected chi connectivity index (χ1v) is 8.62. The van der Waals surface area contributed by atoms with E-state index in [1.165, 1.54) is 18.3 Å². The van der Waals surface area contributed by atoms with Crippen molar-refractivity contribution in [2.75, 3.05) is 67.5 Å². The highest BCUT2D eigenvalue weighted by Crippen LogP contribution is 2.10. The van der Waals surface area contributed by atoms with E-state index in [9.17, 15) is 9.59 Å². The molecule has 154 valence electrons. The molecule has 0 aliphatic heterocycles. The Bertz CT molecular complexity index is 525. The van der Waals surface area contributed by atoms with Gasteiger partial charge in [-0.3, -0.25) is 4.79 Å². The van der Waals surface area contributed by atoms with Gasteiger partial charge >= 0.3 is 5.97 Å². The fourth-order valence-corrected chi connectivity index (χ4v) is 2.30. The monoisotopic (exact) mass is 387 g/mol. The largest absolute Gasteiger partial charge is 0.467 e. The molecule has 1 aromatic rings. The second-order valence-electron chi connectivity index (χ2n) is 5.54. The summed E-state index contributed by atoms with van der Waals surface area (Å²) in [5, 5.41) is 0. The van der Waals surface area contributed by atoms with Crippen molar-refractivity contribution in [1.29, 1.82) is 0 Å². The standard InChI is InChI=1S/C17H29N3O7/c1-23-6-8-26-5-4-20(16(21)12-27-9-7-24-2)15(17(22)25-3)10-14-11-18-13-19-14/h11,13,15H,4-10,12H2,1-3H3,(H,18,19). The number of aromatic amines is 1. The van der Waals surface area contributed by atoms with Crippen molar-refractivity contribution < 1.29 is 33.3 Å². The van der Waals surface area contributed by atoms with Crippen molar-refractivity contribution in [2.24, 2.45) is 0 Å². The van der Waals surface area contributed by atoms with E-state index >= 15 is 0 Å². The molecule has 0 spiro atoms. The maximum atomic E-state index is 12.7. The number of carbonyl (C=O) groups is 2. The zero-order chi connectivity index (χ0) is 19.9. The lowest BCUT2D eigenvalue weighted by atomic mass is 10.1. The molecule has 10 heteroatoms. The quantitative estimate of drug-likeness (QED) is 0.321. The highest BCUT2D eigenvalue weighted by molar-refractivity contribution is 5.85. The third-order valence-electron chi connectivity index (χ3n) is 3.69. The fraction of sp³-hybridized carbons (Fsp3) is 0.706. The number of H-pyrrole nitrogens is 1. The van der Waals surface area contributed by atoms with E-state index in [0.29, 0.717) is 25.5 Å². The molecule has 10 nitrogen and oxygen atoms in total. The van der Waals surface area contributed by atoms with Gasteiger partial charge in [-0.1, -0.05) is 0 Å². The molecular formula is C17H29N3O7. The van der Waals surface area contributed by atoms with Crippen molar-refractivity contribution in [3.8, 4) is 0 Å². The lowest BCUT2D eigenvalue weighted by molar-refractivity contribution is -0.155. The molecule has 0 saturated heterocycles. The van der Waals surface area contributed by atoms with Crippen molar-refractivity contribution in [2.45, 2.75) is 12.5 Å². The number of nitrogens with zero attached hydrogens (tertiary/aromatic N) is 2. The molecule has 0 aromatic carbocycles. The number of nitrogens with one attached hydrogen (secondary N) is 1. The zero-order valence-corrected chi connectivity index (χ0v) is 16.1. The third-order valence-corrected chi connectivity index (χ3v) is 3.69. The summed E-state index contributed by atoms with van der Waals surface area (Å²) in [5.41, 5.74) is 0.642. The van der Waals surface area contributed by atoms with Gasteiger partial charge in [-0.15, -0.1) is 0 Å². The molecule has 1 heterocycles. The Morgan fingerprint density at radius 1 is 1.07 bits per heavy atom. The first-order chi connectivity index (χ1) is 13.1. The van der Waals surface area contributed by atoms with Crippen LogP contribution in [0.5, 0.6) is 0 Å². The Morgan fingerprint density at radius 3 is 2.37 bits per heavy atom. The highest BCUT2D eigenvalue weighted by Gasteiger charge is 2.31. The van der Waals surface area contributed by atoms with Gasteiger partial charge in [0.05, 0.1) is 52.2 Å². The van der Waals surface area contributed by atoms with Crippen LogP contribution in [0.3, 0.4) is 0 Å². The predicted molar refractivity (Wildman–Crippen MR) is 95.2 cm³/mol. The minimum absolute atomic E-state index is 0.171. The van der Waals surface area contributed by atoms with E-state index in [4.69, 9.17) is 23.7 Å². The van der Waals surface area contributed by atoms with Gasteiger partial charge in [0.25, 0.3) is 0 Å². The first kappa shape index (κ1) is 23.0. The zero-order valence-electron chi connectivity index (χ0n) is 16.1. The summed E-state index contributed by atoms with van der Waals surface area (Å²) >= 11 is 0. The Balaban J connectivity index is 2.78. The van der Waals surface area contributed by atoms with E-state index in [2.05, 4.69) is 9.97 Å². The molecule has 0 bridgehead atoms. The van der Waals surface area contributed by atoms with E-state index < -0.39 is 12.0 Å². The maximum absolute atomic E-state index is 12.7. The second kappa shape index (κ2) is 14.1. The Kier molecular flexibility index (Phi) is 12.0. The molecule has 1 aromatic heterocycles. The van der Waals surface area contributed by atoms with Crippen LogP contribution in [-0.2, 0) is 39.7 Å². The van der Waals surface area contributed by atoms with Crippen LogP contribution < -0.4 is 0 Å². The summed E-state index contributed by atoms with van der Waals surface area (Å²) in [6.07, 6.45) is 3.40. The number of amides is 1. The average molecular weight is 387 g/mol. The van der Waals surface area contributed by atoms with Gasteiger partial charge in [0.1, 0.15) is 12.6 Å². The summed E-state index contributed by atoms with van der Waals surface area (Å²) in [6.45, 7) is 1.79. The van der Waals surface area contributed by atoms with Gasteiger partial charge < -0.3 is 33.6 Å². The van der Waals surface area contributed by atoms with Crippen LogP contribution in [0, 0.1) is 0 Å². The molecule has 1 N–H and O–H groups in total. The third kappa shape index (κ3) is 8.96. The van der Waals surface area contributed by atoms with Gasteiger partial charge in [0.15, 0.2) is 0 Å². The van der Waals surface area contributed by atoms with Crippen molar-refractivity contribution in [3.63, 3.8) is 0 Å². The Morgan fingerprint density at radius 2 is 1.78 bits per heavy atom. The molecule has 1 atom stereocenters. The predicted octanol–water partition coefficient (Wildman–Crippen LogP) is -0.352. The minimum atomic E-state index is -0.831. The van der Waals surface area contributed by atoms with Gasteiger partial charge in [-0.25, -0.2) is 9.78 Å². The van der Waals surface area contributed by atoms with Crippen LogP contribution in [0.4, 0.5) is 0 Å². The van der Waals surface area contributed by atoms with E-state index in [0.717, 1.165) is 0 Å². The van der Waals surface area contributed by atoms with Crippen LogP contribution in [0.25, 0.3) is 0 Å². The van der Waals surface area contributed by atoms with Crippen LogP contribution in [0.1, 0.15) is 5.69 Å². The number of esters is 1. The molecule has 0 fully saturated rings. The molecule has 27 heavy (non-hydrogen) atoms. The van der Waals surface area contributed by atoms with Gasteiger partial charge in [-0.05, 0) is 0 Å². The summed E-state index contributed by atoms with van der Waals surface area (Å²) in [6, 6.07) is -0.831. The molecule has 0 radical (unpaired) electrons. The SMILES string of the molecule is COCCOCCN(C(=O)COCCOC)C(Cc1c[nH]cn1)C(=O)OC. The Labute approximate surface area is 159 Å². The van der Waals surface area contributed by atoms with E-state index in [1.807, 2.05) is 0 Å². The summed E-state index contributed by atoms with van der Waals surface area (Å²) in [4.78, 5) is 33.3. The normalized spacial score (nSPS) is 12.0. The van der Waals surface area contributed by atoms with E-state index in [1.54, 1.807) is 20.4 Å². The van der Waals surface area contributed by atoms with Crippen LogP contribution in [0.2, 0.25) is 0 Å². The fourth-order valence-electron chi connectivity index (χ4n) is 2.30. The number of carbonyl (C=O) groups excluding carboxylic acids is 2. The summed E-state index contributed by atoms with van der Waals surface area (Å²) in [5.74, 6) is -0.868. The second-order valence-corrected chi connectivity index (χ2v) is 5.54. The highest BCUT2D eigenvalue weighted by atomic mass is 16.5. The number of imidazole rings is 1. The van der Waals surface area contributed by atoms with E-state index in [-0.39, 0.29) is 38.7 Å². The van der Waals surface area contributed by atoms with Gasteiger partial charge in [0.2, 0.25) is 5.91 Å². The summed E-state index contributed by atoms with van der Waals surface area (Å²) < 4.78 is 25.5. The maximum Gasteiger partial charge on any atom is 0.328 e. The van der Waals surface area contributed by atoms with Crippen molar-refractivity contribution in [1.82, 2.24) is 14.9 Å². The number of hydrogen-bond donors (Lipinski definition) is 1. The molecular weight excluding hydrogens is 358 g/mol. The molecule has 1 unspecified atom stereocenters. The minimum Gasteiger partial charge on any atom is -0.467 e. The number of rotatable bonds is 15. The van der Waals surface area contributed by atoms with Gasteiger partial charge in [-0.2, -0.15) is 0 Å². The Hall–Kier alpha value is -2.01. The van der Waals surface area contributed by atoms with Crippen LogP contribution in [0.15, 0.2) is 12.5 Å². The van der Waals surface area contributed by atoms with Crippen molar-refractivity contribution >= 4 is 11.9 Å². The smallest absolute Gasteiger partial charge is 0.328 e. The molecule has 1 rings (SSSR count). The molecule has 1 amide bonds. The van der Waals surface area contributed by atoms with Crippen molar-refractivity contribution in [3.05, 3.63) is 18.2 Å². The number of methoxy groups -OCH3 is 3. The lowest BCUT2D eigenvalue weighted by Crippen LogP contribution is -2.49. The molecule has 0 aliphatic rings. The number of hydrogen-bond acceptors (Lipinski definition) is 8. The first-order valence-electron chi connectivity index (χ1n) is 8.62. The topological polar surface area (TPSA) is 112 Å². The van der Waals surface area contributed by atoms with Crippen LogP contribution in [-0.4, -0.2) is 100 Å². The average Bonchev–Trinajstić information content (AvgIpc) is 3.19. The molecule has 0 saturated carbocycles. The van der Waals surface area contributed by atoms with Crippen LogP contribution >= 0.6 is 0 Å². The molecule has 0 aliphatic carbocycles. The lowest BCUT2D eigenvalue weighted by Gasteiger charge is -2.29. The number of aromatic nitrogens is 2. The number of ether oxygens (including phenoxy) is 5. The summed E-state index contributed by atoms with van der Waals surface area (Å²) in [7, 11) is 4.41. The van der Waals surface area contributed by atoms with Gasteiger partial charge in [0, 0.05) is 33.4 Å².